The van der Waals surface area contributed by atoms with Crippen LogP contribution >= 0.6 is 23.2 Å². The number of hydrogen-bond acceptors (Lipinski definition) is 5. The van der Waals surface area contributed by atoms with Gasteiger partial charge in [0, 0.05) is 68.1 Å². The van der Waals surface area contributed by atoms with Crippen LogP contribution in [0.2, 0.25) is 10.0 Å². The summed E-state index contributed by atoms with van der Waals surface area (Å²) >= 11 is 11.4. The number of halogens is 2. The Balaban J connectivity index is 0.000000350. The van der Waals surface area contributed by atoms with Gasteiger partial charge < -0.3 is 24.9 Å². The predicted octanol–water partition coefficient (Wildman–Crippen LogP) is 4.96. The second-order valence-electron chi connectivity index (χ2n) is 11.1. The van der Waals surface area contributed by atoms with Crippen LogP contribution in [-0.2, 0) is 4.79 Å². The minimum absolute atomic E-state index is 0.0207. The summed E-state index contributed by atoms with van der Waals surface area (Å²) in [6.07, 6.45) is 3.99. The van der Waals surface area contributed by atoms with E-state index in [1.807, 2.05) is 24.0 Å². The Hall–Kier alpha value is -2.55. The van der Waals surface area contributed by atoms with E-state index >= 15 is 0 Å². The maximum Gasteiger partial charge on any atom is 0.317 e. The zero-order chi connectivity index (χ0) is 28.6. The van der Waals surface area contributed by atoms with E-state index in [9.17, 15) is 9.59 Å². The van der Waals surface area contributed by atoms with Gasteiger partial charge in [0.15, 0.2) is 0 Å². The van der Waals surface area contributed by atoms with Crippen LogP contribution in [-0.4, -0.2) is 97.6 Å². The Bertz CT molecular complexity index is 1160. The number of aromatic nitrogens is 1. The summed E-state index contributed by atoms with van der Waals surface area (Å²) in [4.78, 5) is 38.1. The van der Waals surface area contributed by atoms with E-state index in [4.69, 9.17) is 28.2 Å². The van der Waals surface area contributed by atoms with Crippen molar-refractivity contribution in [3.05, 3.63) is 57.2 Å². The number of nitrogens with zero attached hydrogens (tertiary/aromatic N) is 5. The molecule has 0 spiro atoms. The summed E-state index contributed by atoms with van der Waals surface area (Å²) < 4.78 is 0. The summed E-state index contributed by atoms with van der Waals surface area (Å²) in [5, 5.41) is 4.21. The Morgan fingerprint density at radius 2 is 1.57 bits per heavy atom. The number of piperidine rings is 1. The van der Waals surface area contributed by atoms with Crippen molar-refractivity contribution in [2.24, 2.45) is 0 Å². The average Bonchev–Trinajstić information content (AvgIpc) is 3.50. The molecule has 0 aliphatic carbocycles. The van der Waals surface area contributed by atoms with Gasteiger partial charge in [0.05, 0.1) is 6.54 Å². The number of carbonyl (C=O) groups is 2. The van der Waals surface area contributed by atoms with Gasteiger partial charge in [-0.05, 0) is 81.8 Å². The minimum atomic E-state index is -0.108. The van der Waals surface area contributed by atoms with E-state index in [-0.39, 0.29) is 18.5 Å². The third-order valence-electron chi connectivity index (χ3n) is 8.05. The number of piperazine rings is 1. The number of likely N-dealkylation sites (tertiary alicyclic amines) is 2. The molecular weight excluding hydrogens is 547 g/mol. The molecule has 40 heavy (non-hydrogen) atoms. The molecule has 218 valence electrons. The lowest BCUT2D eigenvalue weighted by Crippen LogP contribution is -2.47. The van der Waals surface area contributed by atoms with Crippen molar-refractivity contribution < 1.29 is 9.59 Å². The first kappa shape index (κ1) is 30.4. The first-order chi connectivity index (χ1) is 19.2. The summed E-state index contributed by atoms with van der Waals surface area (Å²) in [6.45, 7) is 11.3. The van der Waals surface area contributed by atoms with Crippen LogP contribution in [0.5, 0.6) is 0 Å². The standard InChI is InChI=1S/C23H36N6O2.C7H6Cl2/c1-18-5-6-20(22(25-18)28-15-13-26(2)14-16-28)19-7-11-27(12-8-19)21(30)17-24-23(31)29-9-3-4-10-29;1-5-2-3-6(8)4-7(5)9/h5-6,19H,3-4,7-17H2,1-2H3,(H,24,31);2-4H,1H3. The Labute approximate surface area is 248 Å². The van der Waals surface area contributed by atoms with Gasteiger partial charge in [-0.15, -0.1) is 0 Å². The maximum atomic E-state index is 12.6. The van der Waals surface area contributed by atoms with Crippen LogP contribution in [0.3, 0.4) is 0 Å². The van der Waals surface area contributed by atoms with Crippen LogP contribution in [0.25, 0.3) is 0 Å². The monoisotopic (exact) mass is 588 g/mol. The lowest BCUT2D eigenvalue weighted by molar-refractivity contribution is -0.131. The molecule has 10 heteroatoms. The fourth-order valence-electron chi connectivity index (χ4n) is 5.45. The molecule has 4 heterocycles. The number of benzene rings is 1. The SMILES string of the molecule is Cc1ccc(C2CCN(C(=O)CNC(=O)N3CCCC3)CC2)c(N2CCN(C)CC2)n1.Cc1ccc(Cl)cc1Cl. The summed E-state index contributed by atoms with van der Waals surface area (Å²) in [5.74, 6) is 1.58. The van der Waals surface area contributed by atoms with E-state index in [1.54, 1.807) is 11.0 Å². The molecule has 8 nitrogen and oxygen atoms in total. The third kappa shape index (κ3) is 8.24. The fourth-order valence-corrected chi connectivity index (χ4v) is 5.85. The Morgan fingerprint density at radius 1 is 0.900 bits per heavy atom. The van der Waals surface area contributed by atoms with Crippen LogP contribution in [0.1, 0.15) is 48.4 Å². The average molecular weight is 590 g/mol. The molecule has 3 aliphatic rings. The number of anilines is 1. The van der Waals surface area contributed by atoms with Crippen molar-refractivity contribution in [1.82, 2.24) is 25.0 Å². The smallest absolute Gasteiger partial charge is 0.317 e. The number of pyridine rings is 1. The summed E-state index contributed by atoms with van der Waals surface area (Å²) in [5.41, 5.74) is 3.43. The van der Waals surface area contributed by atoms with Gasteiger partial charge in [-0.1, -0.05) is 35.3 Å². The van der Waals surface area contributed by atoms with Gasteiger partial charge in [0.1, 0.15) is 5.82 Å². The van der Waals surface area contributed by atoms with Gasteiger partial charge >= 0.3 is 6.03 Å². The lowest BCUT2D eigenvalue weighted by Gasteiger charge is -2.37. The first-order valence-corrected chi connectivity index (χ1v) is 15.1. The second-order valence-corrected chi connectivity index (χ2v) is 11.9. The molecule has 3 fully saturated rings. The third-order valence-corrected chi connectivity index (χ3v) is 8.70. The molecule has 1 N–H and O–H groups in total. The largest absolute Gasteiger partial charge is 0.354 e. The minimum Gasteiger partial charge on any atom is -0.354 e. The number of aryl methyl sites for hydroxylation is 2. The molecule has 2 aromatic rings. The molecule has 1 aromatic carbocycles. The van der Waals surface area contributed by atoms with Gasteiger partial charge in [-0.25, -0.2) is 9.78 Å². The fraction of sp³-hybridized carbons (Fsp3) is 0.567. The van der Waals surface area contributed by atoms with Crippen molar-refractivity contribution in [1.29, 1.82) is 0 Å². The van der Waals surface area contributed by atoms with E-state index < -0.39 is 0 Å². The van der Waals surface area contributed by atoms with Crippen LogP contribution in [0.15, 0.2) is 30.3 Å². The molecule has 0 atom stereocenters. The molecule has 1 aromatic heterocycles. The lowest BCUT2D eigenvalue weighted by atomic mass is 9.89. The highest BCUT2D eigenvalue weighted by molar-refractivity contribution is 6.35. The van der Waals surface area contributed by atoms with Gasteiger partial charge in [0.2, 0.25) is 5.91 Å². The number of nitrogens with one attached hydrogen (secondary N) is 1. The van der Waals surface area contributed by atoms with Crippen molar-refractivity contribution in [3.63, 3.8) is 0 Å². The molecule has 0 bridgehead atoms. The van der Waals surface area contributed by atoms with Crippen LogP contribution in [0, 0.1) is 13.8 Å². The summed E-state index contributed by atoms with van der Waals surface area (Å²) in [7, 11) is 2.17. The van der Waals surface area contributed by atoms with E-state index in [2.05, 4.69) is 41.2 Å². The quantitative estimate of drug-likeness (QED) is 0.547. The predicted molar refractivity (Wildman–Crippen MR) is 163 cm³/mol. The maximum absolute atomic E-state index is 12.6. The Kier molecular flexibility index (Phi) is 10.9. The number of hydrogen-bond donors (Lipinski definition) is 1. The van der Waals surface area contributed by atoms with Crippen molar-refractivity contribution in [2.45, 2.75) is 45.4 Å². The normalized spacial score (nSPS) is 18.4. The first-order valence-electron chi connectivity index (χ1n) is 14.3. The van der Waals surface area contributed by atoms with E-state index in [1.165, 1.54) is 5.56 Å². The van der Waals surface area contributed by atoms with Crippen LogP contribution in [0.4, 0.5) is 10.6 Å². The number of rotatable bonds is 4. The summed E-state index contributed by atoms with van der Waals surface area (Å²) in [6, 6.07) is 9.70. The van der Waals surface area contributed by atoms with E-state index in [0.29, 0.717) is 10.9 Å². The Morgan fingerprint density at radius 3 is 2.20 bits per heavy atom. The second kappa shape index (κ2) is 14.4. The number of urea groups is 1. The number of amides is 3. The molecule has 3 aliphatic heterocycles. The number of likely N-dealkylation sites (N-methyl/N-ethyl adjacent to an activating group) is 1. The topological polar surface area (TPSA) is 72.0 Å². The van der Waals surface area contributed by atoms with Crippen molar-refractivity contribution >= 4 is 41.0 Å². The zero-order valence-electron chi connectivity index (χ0n) is 24.0. The van der Waals surface area contributed by atoms with Crippen molar-refractivity contribution in [2.75, 3.05) is 70.9 Å². The van der Waals surface area contributed by atoms with Crippen molar-refractivity contribution in [3.8, 4) is 0 Å². The zero-order valence-corrected chi connectivity index (χ0v) is 25.5. The molecule has 0 saturated carbocycles. The highest BCUT2D eigenvalue weighted by atomic mass is 35.5. The number of carbonyl (C=O) groups excluding carboxylic acids is 2. The van der Waals surface area contributed by atoms with E-state index in [0.717, 1.165) is 100 Å². The van der Waals surface area contributed by atoms with Crippen LogP contribution < -0.4 is 10.2 Å². The molecule has 3 saturated heterocycles. The molecule has 0 unspecified atom stereocenters. The molecular formula is C30H42Cl2N6O2. The molecule has 0 radical (unpaired) electrons. The highest BCUT2D eigenvalue weighted by Gasteiger charge is 2.28. The van der Waals surface area contributed by atoms with Gasteiger partial charge in [0.25, 0.3) is 0 Å². The van der Waals surface area contributed by atoms with Gasteiger partial charge in [-0.3, -0.25) is 4.79 Å². The highest BCUT2D eigenvalue weighted by Crippen LogP contribution is 2.34. The molecule has 5 rings (SSSR count). The molecule has 3 amide bonds. The van der Waals surface area contributed by atoms with Gasteiger partial charge in [-0.2, -0.15) is 0 Å².